The Kier molecular flexibility index (Phi) is 12.0. The van der Waals surface area contributed by atoms with Crippen molar-refractivity contribution in [1.29, 1.82) is 0 Å². The molecule has 1 aromatic carbocycles. The van der Waals surface area contributed by atoms with E-state index in [0.29, 0.717) is 5.56 Å². The van der Waals surface area contributed by atoms with Crippen molar-refractivity contribution >= 4 is 35.6 Å². The highest BCUT2D eigenvalue weighted by atomic mass is 16.4. The Morgan fingerprint density at radius 3 is 1.81 bits per heavy atom. The first-order chi connectivity index (χ1) is 17.2. The summed E-state index contributed by atoms with van der Waals surface area (Å²) in [5.41, 5.74) is 11.2. The van der Waals surface area contributed by atoms with Crippen LogP contribution in [0, 0.1) is 5.92 Å². The lowest BCUT2D eigenvalue weighted by molar-refractivity contribution is -0.142. The molecule has 0 aromatic heterocycles. The van der Waals surface area contributed by atoms with Gasteiger partial charge in [-0.2, -0.15) is 0 Å². The number of primary amides is 1. The van der Waals surface area contributed by atoms with E-state index >= 15 is 0 Å². The van der Waals surface area contributed by atoms with Gasteiger partial charge in [-0.3, -0.25) is 24.0 Å². The lowest BCUT2D eigenvalue weighted by Crippen LogP contribution is -2.58. The molecule has 0 aliphatic rings. The maximum Gasteiger partial charge on any atom is 0.326 e. The van der Waals surface area contributed by atoms with Crippen LogP contribution in [0.3, 0.4) is 0 Å². The summed E-state index contributed by atoms with van der Waals surface area (Å²) in [4.78, 5) is 72.2. The van der Waals surface area contributed by atoms with Crippen LogP contribution in [0.1, 0.15) is 38.7 Å². The van der Waals surface area contributed by atoms with Gasteiger partial charge in [-0.15, -0.1) is 0 Å². The lowest BCUT2D eigenvalue weighted by atomic mass is 10.0. The first-order valence-corrected chi connectivity index (χ1v) is 11.4. The van der Waals surface area contributed by atoms with E-state index in [1.807, 2.05) is 0 Å². The van der Waals surface area contributed by atoms with Gasteiger partial charge in [0.15, 0.2) is 0 Å². The number of aliphatic carboxylic acids is 2. The van der Waals surface area contributed by atoms with Crippen molar-refractivity contribution in [3.05, 3.63) is 29.8 Å². The summed E-state index contributed by atoms with van der Waals surface area (Å²) < 4.78 is 0. The molecule has 1 rings (SSSR count). The molecular weight excluding hydrogens is 490 g/mol. The number of nitrogens with one attached hydrogen (secondary N) is 3. The van der Waals surface area contributed by atoms with E-state index in [0.717, 1.165) is 0 Å². The number of hydrogen-bond acceptors (Lipinski definition) is 8. The first-order valence-electron chi connectivity index (χ1n) is 11.4. The Hall–Kier alpha value is -4.20. The van der Waals surface area contributed by atoms with E-state index in [1.54, 1.807) is 13.8 Å². The zero-order valence-corrected chi connectivity index (χ0v) is 20.5. The Morgan fingerprint density at radius 2 is 1.32 bits per heavy atom. The third-order valence-electron chi connectivity index (χ3n) is 5.10. The number of amides is 4. The summed E-state index contributed by atoms with van der Waals surface area (Å²) >= 11 is 0. The highest BCUT2D eigenvalue weighted by molar-refractivity contribution is 5.96. The number of carbonyl (C=O) groups is 6. The SMILES string of the molecule is CC(C)CC(NC(=O)C(N)CC(=O)O)C(=O)NC(CC(N)=O)C(=O)NC(Cc1ccc(O)cc1)C(=O)O. The van der Waals surface area contributed by atoms with E-state index in [4.69, 9.17) is 16.6 Å². The zero-order chi connectivity index (χ0) is 28.3. The molecule has 14 heteroatoms. The van der Waals surface area contributed by atoms with Crippen LogP contribution in [0.25, 0.3) is 0 Å². The normalized spacial score (nSPS) is 14.1. The number of hydrogen-bond donors (Lipinski definition) is 8. The molecule has 0 spiro atoms. The second-order valence-electron chi connectivity index (χ2n) is 8.90. The topological polar surface area (TPSA) is 251 Å². The lowest BCUT2D eigenvalue weighted by Gasteiger charge is -2.25. The van der Waals surface area contributed by atoms with Crippen molar-refractivity contribution < 1.29 is 44.1 Å². The van der Waals surface area contributed by atoms with Crippen molar-refractivity contribution in [2.75, 3.05) is 0 Å². The van der Waals surface area contributed by atoms with Crippen LogP contribution < -0.4 is 27.4 Å². The minimum Gasteiger partial charge on any atom is -0.508 e. The van der Waals surface area contributed by atoms with Gasteiger partial charge < -0.3 is 42.7 Å². The maximum absolute atomic E-state index is 12.9. The van der Waals surface area contributed by atoms with Crippen molar-refractivity contribution in [2.45, 2.75) is 63.7 Å². The van der Waals surface area contributed by atoms with Gasteiger partial charge >= 0.3 is 11.9 Å². The van der Waals surface area contributed by atoms with Gasteiger partial charge in [0.05, 0.1) is 18.9 Å². The summed E-state index contributed by atoms with van der Waals surface area (Å²) in [6.45, 7) is 3.50. The van der Waals surface area contributed by atoms with Gasteiger partial charge in [0.1, 0.15) is 23.9 Å². The van der Waals surface area contributed by atoms with E-state index in [-0.39, 0.29) is 24.5 Å². The number of carboxylic acids is 2. The van der Waals surface area contributed by atoms with E-state index in [1.165, 1.54) is 24.3 Å². The van der Waals surface area contributed by atoms with Crippen molar-refractivity contribution in [2.24, 2.45) is 17.4 Å². The smallest absolute Gasteiger partial charge is 0.326 e. The average Bonchev–Trinajstić information content (AvgIpc) is 2.77. The largest absolute Gasteiger partial charge is 0.508 e. The molecule has 0 saturated carbocycles. The summed E-state index contributed by atoms with van der Waals surface area (Å²) in [5, 5.41) is 34.6. The summed E-state index contributed by atoms with van der Waals surface area (Å²) in [6, 6.07) is -0.0444. The van der Waals surface area contributed by atoms with Crippen molar-refractivity contribution in [3.8, 4) is 5.75 Å². The number of rotatable bonds is 15. The maximum atomic E-state index is 12.9. The van der Waals surface area contributed by atoms with Crippen LogP contribution in [0.15, 0.2) is 24.3 Å². The number of benzene rings is 1. The van der Waals surface area contributed by atoms with Gasteiger partial charge in [-0.25, -0.2) is 4.79 Å². The third-order valence-corrected chi connectivity index (χ3v) is 5.10. The number of nitrogens with two attached hydrogens (primary N) is 2. The molecule has 0 aliphatic carbocycles. The molecule has 204 valence electrons. The molecular formula is C23H33N5O9. The first kappa shape index (κ1) is 30.8. The Bertz CT molecular complexity index is 997. The zero-order valence-electron chi connectivity index (χ0n) is 20.5. The third kappa shape index (κ3) is 11.4. The molecule has 0 fully saturated rings. The fourth-order valence-electron chi connectivity index (χ4n) is 3.29. The number of aromatic hydroxyl groups is 1. The molecule has 4 atom stereocenters. The fourth-order valence-corrected chi connectivity index (χ4v) is 3.29. The molecule has 0 heterocycles. The fraction of sp³-hybridized carbons (Fsp3) is 0.478. The van der Waals surface area contributed by atoms with Crippen LogP contribution in [0.5, 0.6) is 5.75 Å². The number of phenolic OH excluding ortho intramolecular Hbond substituents is 1. The monoisotopic (exact) mass is 523 g/mol. The van der Waals surface area contributed by atoms with E-state index < -0.39 is 72.6 Å². The Balaban J connectivity index is 3.03. The second-order valence-corrected chi connectivity index (χ2v) is 8.90. The number of carbonyl (C=O) groups excluding carboxylic acids is 4. The number of phenols is 1. The van der Waals surface area contributed by atoms with Gasteiger partial charge in [0.2, 0.25) is 23.6 Å². The van der Waals surface area contributed by atoms with Gasteiger partial charge in [0.25, 0.3) is 0 Å². The molecule has 0 aliphatic heterocycles. The number of carboxylic acid groups (broad SMARTS) is 2. The highest BCUT2D eigenvalue weighted by Gasteiger charge is 2.32. The van der Waals surface area contributed by atoms with Crippen molar-refractivity contribution in [3.63, 3.8) is 0 Å². The molecule has 1 aromatic rings. The van der Waals surface area contributed by atoms with Crippen LogP contribution >= 0.6 is 0 Å². The second kappa shape index (κ2) is 14.4. The Labute approximate surface area is 212 Å². The van der Waals surface area contributed by atoms with Crippen LogP contribution in [-0.2, 0) is 35.2 Å². The minimum atomic E-state index is -1.56. The van der Waals surface area contributed by atoms with Crippen LogP contribution in [-0.4, -0.2) is 75.1 Å². The summed E-state index contributed by atoms with van der Waals surface area (Å²) in [7, 11) is 0. The average molecular weight is 524 g/mol. The molecule has 0 bridgehead atoms. The quantitative estimate of drug-likeness (QED) is 0.128. The predicted octanol–water partition coefficient (Wildman–Crippen LogP) is -1.80. The highest BCUT2D eigenvalue weighted by Crippen LogP contribution is 2.12. The molecule has 4 unspecified atom stereocenters. The predicted molar refractivity (Wildman–Crippen MR) is 129 cm³/mol. The molecule has 0 radical (unpaired) electrons. The minimum absolute atomic E-state index is 0.0316. The summed E-state index contributed by atoms with van der Waals surface area (Å²) in [5.74, 6) is -6.61. The van der Waals surface area contributed by atoms with Crippen LogP contribution in [0.2, 0.25) is 0 Å². The molecule has 0 saturated heterocycles. The summed E-state index contributed by atoms with van der Waals surface area (Å²) in [6.07, 6.45) is -1.41. The van der Waals surface area contributed by atoms with Gasteiger partial charge in [-0.05, 0) is 30.0 Å². The van der Waals surface area contributed by atoms with Crippen LogP contribution in [0.4, 0.5) is 0 Å². The Morgan fingerprint density at radius 1 is 0.811 bits per heavy atom. The van der Waals surface area contributed by atoms with Crippen molar-refractivity contribution in [1.82, 2.24) is 16.0 Å². The molecule has 14 nitrogen and oxygen atoms in total. The molecule has 10 N–H and O–H groups in total. The molecule has 4 amide bonds. The van der Waals surface area contributed by atoms with E-state index in [9.17, 15) is 39.0 Å². The van der Waals surface area contributed by atoms with E-state index in [2.05, 4.69) is 16.0 Å². The van der Waals surface area contributed by atoms with Gasteiger partial charge in [0, 0.05) is 6.42 Å². The standard InChI is InChI=1S/C23H33N5O9/c1-11(2)7-15(26-20(33)14(24)9-19(31)32)21(34)27-16(10-18(25)30)22(35)28-17(23(36)37)8-12-3-5-13(29)6-4-12/h3-6,11,14-17,29H,7-10,24H2,1-2H3,(H2,25,30)(H,26,33)(H,27,34)(H,28,35)(H,31,32)(H,36,37). The van der Waals surface area contributed by atoms with Gasteiger partial charge in [-0.1, -0.05) is 26.0 Å². The molecule has 37 heavy (non-hydrogen) atoms.